The first-order chi connectivity index (χ1) is 11.8. The minimum Gasteiger partial charge on any atom is -0.491 e. The van der Waals surface area contributed by atoms with Gasteiger partial charge in [0.05, 0.1) is 27.2 Å². The van der Waals surface area contributed by atoms with E-state index < -0.39 is 10.0 Å². The summed E-state index contributed by atoms with van der Waals surface area (Å²) >= 11 is 17.8. The van der Waals surface area contributed by atoms with Crippen LogP contribution in [0.4, 0.5) is 5.69 Å². The third kappa shape index (κ3) is 5.64. The van der Waals surface area contributed by atoms with Crippen LogP contribution >= 0.6 is 34.8 Å². The van der Waals surface area contributed by atoms with E-state index in [4.69, 9.17) is 44.3 Å². The van der Waals surface area contributed by atoms with Crippen molar-refractivity contribution in [3.05, 3.63) is 51.5 Å². The fourth-order valence-electron chi connectivity index (χ4n) is 1.80. The predicted molar refractivity (Wildman–Crippen MR) is 99.2 cm³/mol. The van der Waals surface area contributed by atoms with Crippen LogP contribution in [0.1, 0.15) is 0 Å². The van der Waals surface area contributed by atoms with Gasteiger partial charge in [-0.15, -0.1) is 4.83 Å². The van der Waals surface area contributed by atoms with Crippen molar-refractivity contribution in [1.29, 1.82) is 0 Å². The van der Waals surface area contributed by atoms with Gasteiger partial charge >= 0.3 is 0 Å². The summed E-state index contributed by atoms with van der Waals surface area (Å²) in [7, 11) is -2.27. The van der Waals surface area contributed by atoms with Gasteiger partial charge in [-0.2, -0.15) is 0 Å². The highest BCUT2D eigenvalue weighted by molar-refractivity contribution is 7.89. The Kier molecular flexibility index (Phi) is 7.18. The van der Waals surface area contributed by atoms with Gasteiger partial charge in [-0.1, -0.05) is 34.8 Å². The summed E-state index contributed by atoms with van der Waals surface area (Å²) in [5.74, 6) is 0.535. The largest absolute Gasteiger partial charge is 0.491 e. The quantitative estimate of drug-likeness (QED) is 0.494. The summed E-state index contributed by atoms with van der Waals surface area (Å²) in [5.41, 5.74) is 2.70. The van der Waals surface area contributed by atoms with E-state index in [1.807, 2.05) is 0 Å². The molecule has 2 aromatic carbocycles. The molecule has 0 aliphatic carbocycles. The summed E-state index contributed by atoms with van der Waals surface area (Å²) < 4.78 is 34.9. The standard InChI is InChI=1S/C15H15Cl3N2O4S/c1-23-6-7-24-11-2-4-12(5-3-11)25(21,22)20-19-15-13(17)8-10(16)9-14(15)18/h2-5,8-9,19-20H,6-7H2,1H3. The van der Waals surface area contributed by atoms with Gasteiger partial charge in [0.2, 0.25) is 0 Å². The average Bonchev–Trinajstić information content (AvgIpc) is 2.54. The molecule has 2 N–H and O–H groups in total. The zero-order chi connectivity index (χ0) is 18.4. The normalized spacial score (nSPS) is 11.4. The van der Waals surface area contributed by atoms with Crippen LogP contribution < -0.4 is 15.0 Å². The summed E-state index contributed by atoms with van der Waals surface area (Å²) in [6, 6.07) is 8.81. The molecule has 0 aliphatic heterocycles. The zero-order valence-corrected chi connectivity index (χ0v) is 16.1. The SMILES string of the molecule is COCCOc1ccc(S(=O)(=O)NNc2c(Cl)cc(Cl)cc2Cl)cc1. The Bertz CT molecular complexity index is 806. The number of rotatable bonds is 8. The molecular formula is C15H15Cl3N2O4S. The van der Waals surface area contributed by atoms with Crippen molar-refractivity contribution < 1.29 is 17.9 Å². The highest BCUT2D eigenvalue weighted by atomic mass is 35.5. The van der Waals surface area contributed by atoms with Crippen LogP contribution in [0.15, 0.2) is 41.3 Å². The third-order valence-corrected chi connectivity index (χ3v) is 5.09. The number of halogens is 3. The van der Waals surface area contributed by atoms with Crippen LogP contribution in [0.2, 0.25) is 15.1 Å². The van der Waals surface area contributed by atoms with E-state index in [0.717, 1.165) is 0 Å². The number of sulfonamides is 1. The minimum absolute atomic E-state index is 0.0419. The molecule has 0 fully saturated rings. The molecule has 0 aliphatic rings. The molecule has 0 amide bonds. The highest BCUT2D eigenvalue weighted by Crippen LogP contribution is 2.33. The lowest BCUT2D eigenvalue weighted by atomic mass is 10.3. The first-order valence-corrected chi connectivity index (χ1v) is 9.59. The van der Waals surface area contributed by atoms with Gasteiger partial charge in [0.15, 0.2) is 0 Å². The molecule has 25 heavy (non-hydrogen) atoms. The Balaban J connectivity index is 2.07. The van der Waals surface area contributed by atoms with Crippen LogP contribution in [-0.2, 0) is 14.8 Å². The molecule has 0 saturated heterocycles. The number of methoxy groups -OCH3 is 1. The molecular weight excluding hydrogens is 411 g/mol. The number of hydrogen-bond donors (Lipinski definition) is 2. The maximum atomic E-state index is 12.3. The molecule has 0 unspecified atom stereocenters. The van der Waals surface area contributed by atoms with Gasteiger partial charge in [-0.3, -0.25) is 0 Å². The summed E-state index contributed by atoms with van der Waals surface area (Å²) in [6.07, 6.45) is 0. The van der Waals surface area contributed by atoms with Gasteiger partial charge in [0.25, 0.3) is 10.0 Å². The second-order valence-corrected chi connectivity index (χ2v) is 7.72. The van der Waals surface area contributed by atoms with E-state index in [2.05, 4.69) is 10.3 Å². The van der Waals surface area contributed by atoms with Crippen LogP contribution in [0.25, 0.3) is 0 Å². The Morgan fingerprint density at radius 3 is 2.16 bits per heavy atom. The van der Waals surface area contributed by atoms with Gasteiger partial charge in [0, 0.05) is 12.1 Å². The third-order valence-electron chi connectivity index (χ3n) is 3.01. The fraction of sp³-hybridized carbons (Fsp3) is 0.200. The topological polar surface area (TPSA) is 76.7 Å². The molecule has 136 valence electrons. The van der Waals surface area contributed by atoms with Crippen LogP contribution in [0.3, 0.4) is 0 Å². The highest BCUT2D eigenvalue weighted by Gasteiger charge is 2.16. The van der Waals surface area contributed by atoms with Gasteiger partial charge < -0.3 is 14.9 Å². The lowest BCUT2D eigenvalue weighted by Crippen LogP contribution is -2.29. The zero-order valence-electron chi connectivity index (χ0n) is 13.1. The van der Waals surface area contributed by atoms with Crippen molar-refractivity contribution in [2.75, 3.05) is 25.7 Å². The van der Waals surface area contributed by atoms with Crippen LogP contribution in [0, 0.1) is 0 Å². The van der Waals surface area contributed by atoms with Crippen molar-refractivity contribution in [1.82, 2.24) is 4.83 Å². The van der Waals surface area contributed by atoms with Crippen molar-refractivity contribution >= 4 is 50.5 Å². The van der Waals surface area contributed by atoms with E-state index in [-0.39, 0.29) is 20.6 Å². The number of anilines is 1. The number of hydrogen-bond acceptors (Lipinski definition) is 5. The van der Waals surface area contributed by atoms with Crippen molar-refractivity contribution in [2.24, 2.45) is 0 Å². The molecule has 2 aromatic rings. The Labute approximate surface area is 161 Å². The Morgan fingerprint density at radius 1 is 1.00 bits per heavy atom. The minimum atomic E-state index is -3.84. The Morgan fingerprint density at radius 2 is 1.60 bits per heavy atom. The smallest absolute Gasteiger partial charge is 0.257 e. The molecule has 0 radical (unpaired) electrons. The molecule has 6 nitrogen and oxygen atoms in total. The second-order valence-electron chi connectivity index (χ2n) is 4.79. The monoisotopic (exact) mass is 424 g/mol. The lowest BCUT2D eigenvalue weighted by molar-refractivity contribution is 0.146. The number of ether oxygens (including phenoxy) is 2. The van der Waals surface area contributed by atoms with Crippen molar-refractivity contribution in [3.8, 4) is 5.75 Å². The second kappa shape index (κ2) is 8.93. The maximum absolute atomic E-state index is 12.3. The van der Waals surface area contributed by atoms with Crippen molar-refractivity contribution in [2.45, 2.75) is 4.90 Å². The number of hydrazine groups is 1. The first kappa shape index (κ1) is 20.1. The van der Waals surface area contributed by atoms with Crippen LogP contribution in [0.5, 0.6) is 5.75 Å². The van der Waals surface area contributed by atoms with Gasteiger partial charge in [-0.05, 0) is 36.4 Å². The lowest BCUT2D eigenvalue weighted by Gasteiger charge is -2.13. The van der Waals surface area contributed by atoms with Gasteiger partial charge in [0.1, 0.15) is 12.4 Å². The Hall–Kier alpha value is -1.22. The van der Waals surface area contributed by atoms with E-state index in [0.29, 0.717) is 24.0 Å². The maximum Gasteiger partial charge on any atom is 0.257 e. The molecule has 0 spiro atoms. The molecule has 0 heterocycles. The summed E-state index contributed by atoms with van der Waals surface area (Å²) in [5, 5.41) is 0.705. The molecule has 0 bridgehead atoms. The van der Waals surface area contributed by atoms with E-state index in [1.165, 1.54) is 24.3 Å². The molecule has 10 heteroatoms. The average molecular weight is 426 g/mol. The molecule has 0 atom stereocenters. The van der Waals surface area contributed by atoms with Crippen LogP contribution in [-0.4, -0.2) is 28.7 Å². The summed E-state index contributed by atoms with van der Waals surface area (Å²) in [6.45, 7) is 0.810. The van der Waals surface area contributed by atoms with E-state index in [1.54, 1.807) is 19.2 Å². The van der Waals surface area contributed by atoms with Crippen molar-refractivity contribution in [3.63, 3.8) is 0 Å². The number of nitrogens with one attached hydrogen (secondary N) is 2. The van der Waals surface area contributed by atoms with E-state index >= 15 is 0 Å². The van der Waals surface area contributed by atoms with E-state index in [9.17, 15) is 8.42 Å². The molecule has 2 rings (SSSR count). The molecule has 0 saturated carbocycles. The number of benzene rings is 2. The first-order valence-electron chi connectivity index (χ1n) is 6.97. The predicted octanol–water partition coefficient (Wildman–Crippen LogP) is 3.98. The summed E-state index contributed by atoms with van der Waals surface area (Å²) in [4.78, 5) is 2.26. The van der Waals surface area contributed by atoms with Gasteiger partial charge in [-0.25, -0.2) is 8.42 Å². The fourth-order valence-corrected chi connectivity index (χ4v) is 3.56. The molecule has 0 aromatic heterocycles.